The van der Waals surface area contributed by atoms with Crippen LogP contribution in [0.15, 0.2) is 53.4 Å². The SMILES string of the molecule is CC(C)OCc1cccc(CNC(=O)c2ccccc2S(=O)(=O)C(C)C)c1. The van der Waals surface area contributed by atoms with Crippen molar-refractivity contribution in [2.24, 2.45) is 0 Å². The molecule has 2 aromatic carbocycles. The second-order valence-electron chi connectivity index (χ2n) is 6.95. The van der Waals surface area contributed by atoms with E-state index in [0.717, 1.165) is 11.1 Å². The van der Waals surface area contributed by atoms with Crippen LogP contribution in [0.5, 0.6) is 0 Å². The lowest BCUT2D eigenvalue weighted by atomic mass is 10.1. The quantitative estimate of drug-likeness (QED) is 0.747. The fourth-order valence-electron chi connectivity index (χ4n) is 2.53. The third-order valence-corrected chi connectivity index (χ3v) is 6.30. The van der Waals surface area contributed by atoms with E-state index in [1.165, 1.54) is 12.1 Å². The van der Waals surface area contributed by atoms with Gasteiger partial charge in [0.25, 0.3) is 5.91 Å². The van der Waals surface area contributed by atoms with Crippen molar-refractivity contribution in [2.45, 2.75) is 57.1 Å². The predicted octanol–water partition coefficient (Wildman–Crippen LogP) is 3.72. The average molecular weight is 390 g/mol. The van der Waals surface area contributed by atoms with Crippen LogP contribution in [0.1, 0.15) is 49.2 Å². The molecule has 0 aliphatic rings. The highest BCUT2D eigenvalue weighted by Crippen LogP contribution is 2.20. The molecule has 0 fully saturated rings. The molecule has 0 saturated carbocycles. The summed E-state index contributed by atoms with van der Waals surface area (Å²) >= 11 is 0. The summed E-state index contributed by atoms with van der Waals surface area (Å²) in [7, 11) is -3.54. The molecule has 0 bridgehead atoms. The second-order valence-corrected chi connectivity index (χ2v) is 9.42. The zero-order valence-electron chi connectivity index (χ0n) is 16.2. The molecule has 0 unspecified atom stereocenters. The number of nitrogens with one attached hydrogen (secondary N) is 1. The summed E-state index contributed by atoms with van der Waals surface area (Å²) < 4.78 is 30.6. The Morgan fingerprint density at radius 3 is 2.33 bits per heavy atom. The molecule has 0 aliphatic carbocycles. The minimum Gasteiger partial charge on any atom is -0.374 e. The Morgan fingerprint density at radius 1 is 1.00 bits per heavy atom. The van der Waals surface area contributed by atoms with Crippen molar-refractivity contribution in [1.82, 2.24) is 5.32 Å². The summed E-state index contributed by atoms with van der Waals surface area (Å²) in [6, 6.07) is 14.1. The van der Waals surface area contributed by atoms with Crippen molar-refractivity contribution >= 4 is 15.7 Å². The number of hydrogen-bond acceptors (Lipinski definition) is 4. The Morgan fingerprint density at radius 2 is 1.67 bits per heavy atom. The van der Waals surface area contributed by atoms with Crippen LogP contribution < -0.4 is 5.32 Å². The second kappa shape index (κ2) is 9.15. The van der Waals surface area contributed by atoms with Crippen molar-refractivity contribution < 1.29 is 17.9 Å². The first kappa shape index (κ1) is 21.1. The van der Waals surface area contributed by atoms with Gasteiger partial charge < -0.3 is 10.1 Å². The predicted molar refractivity (Wildman–Crippen MR) is 106 cm³/mol. The van der Waals surface area contributed by atoms with Gasteiger partial charge in [0.2, 0.25) is 0 Å². The van der Waals surface area contributed by atoms with Crippen molar-refractivity contribution in [3.63, 3.8) is 0 Å². The van der Waals surface area contributed by atoms with Crippen molar-refractivity contribution in [3.8, 4) is 0 Å². The number of sulfone groups is 1. The van der Waals surface area contributed by atoms with E-state index >= 15 is 0 Å². The first-order valence-electron chi connectivity index (χ1n) is 9.02. The molecule has 6 heteroatoms. The van der Waals surface area contributed by atoms with E-state index in [4.69, 9.17) is 4.74 Å². The zero-order chi connectivity index (χ0) is 20.0. The molecule has 0 spiro atoms. The van der Waals surface area contributed by atoms with Crippen LogP contribution in [-0.4, -0.2) is 25.7 Å². The summed E-state index contributed by atoms with van der Waals surface area (Å²) in [5.41, 5.74) is 2.13. The van der Waals surface area contributed by atoms with Crippen LogP contribution in [0, 0.1) is 0 Å². The van der Waals surface area contributed by atoms with Crippen LogP contribution in [0.2, 0.25) is 0 Å². The molecule has 0 saturated heterocycles. The smallest absolute Gasteiger partial charge is 0.252 e. The molecule has 2 aromatic rings. The van der Waals surface area contributed by atoms with Crippen LogP contribution >= 0.6 is 0 Å². The third-order valence-electron chi connectivity index (χ3n) is 4.09. The van der Waals surface area contributed by atoms with Crippen LogP contribution in [-0.2, 0) is 27.7 Å². The number of benzene rings is 2. The van der Waals surface area contributed by atoms with Gasteiger partial charge in [0.05, 0.1) is 28.4 Å². The maximum atomic E-state index is 12.6. The summed E-state index contributed by atoms with van der Waals surface area (Å²) in [5.74, 6) is -0.404. The molecule has 1 N–H and O–H groups in total. The molecule has 27 heavy (non-hydrogen) atoms. The molecule has 2 rings (SSSR count). The highest BCUT2D eigenvalue weighted by Gasteiger charge is 2.25. The number of amides is 1. The molecule has 1 amide bonds. The highest BCUT2D eigenvalue weighted by atomic mass is 32.2. The van der Waals surface area contributed by atoms with Gasteiger partial charge in [0, 0.05) is 6.54 Å². The molecular weight excluding hydrogens is 362 g/mol. The van der Waals surface area contributed by atoms with Gasteiger partial charge in [-0.05, 0) is 51.0 Å². The van der Waals surface area contributed by atoms with Gasteiger partial charge in [-0.1, -0.05) is 36.4 Å². The van der Waals surface area contributed by atoms with E-state index in [1.54, 1.807) is 26.0 Å². The summed E-state index contributed by atoms with van der Waals surface area (Å²) in [5, 5.41) is 2.22. The summed E-state index contributed by atoms with van der Waals surface area (Å²) in [6.07, 6.45) is 0.146. The summed E-state index contributed by atoms with van der Waals surface area (Å²) in [4.78, 5) is 12.7. The maximum Gasteiger partial charge on any atom is 0.252 e. The first-order chi connectivity index (χ1) is 12.7. The van der Waals surface area contributed by atoms with Crippen molar-refractivity contribution in [3.05, 3.63) is 65.2 Å². The number of rotatable bonds is 8. The number of carbonyl (C=O) groups is 1. The van der Waals surface area contributed by atoms with Gasteiger partial charge in [-0.15, -0.1) is 0 Å². The average Bonchev–Trinajstić information content (AvgIpc) is 2.64. The van der Waals surface area contributed by atoms with Crippen LogP contribution in [0.25, 0.3) is 0 Å². The highest BCUT2D eigenvalue weighted by molar-refractivity contribution is 7.92. The number of hydrogen-bond donors (Lipinski definition) is 1. The Kier molecular flexibility index (Phi) is 7.16. The fraction of sp³-hybridized carbons (Fsp3) is 0.381. The molecule has 0 atom stereocenters. The molecular formula is C21H27NO4S. The van der Waals surface area contributed by atoms with E-state index in [2.05, 4.69) is 5.32 Å². The van der Waals surface area contributed by atoms with Gasteiger partial charge >= 0.3 is 0 Å². The Labute approximate surface area is 161 Å². The molecule has 0 aromatic heterocycles. The lowest BCUT2D eigenvalue weighted by molar-refractivity contribution is 0.0657. The van der Waals surface area contributed by atoms with Gasteiger partial charge in [-0.3, -0.25) is 4.79 Å². The van der Waals surface area contributed by atoms with Crippen molar-refractivity contribution in [2.75, 3.05) is 0 Å². The van der Waals surface area contributed by atoms with E-state index < -0.39 is 21.0 Å². The lowest BCUT2D eigenvalue weighted by Crippen LogP contribution is -2.26. The Bertz CT molecular complexity index is 889. The van der Waals surface area contributed by atoms with E-state index in [-0.39, 0.29) is 16.6 Å². The van der Waals surface area contributed by atoms with Crippen LogP contribution in [0.3, 0.4) is 0 Å². The van der Waals surface area contributed by atoms with Crippen molar-refractivity contribution in [1.29, 1.82) is 0 Å². The normalized spacial score (nSPS) is 11.8. The minimum absolute atomic E-state index is 0.0663. The van der Waals surface area contributed by atoms with E-state index in [0.29, 0.717) is 13.2 Å². The maximum absolute atomic E-state index is 12.6. The summed E-state index contributed by atoms with van der Waals surface area (Å²) in [6.45, 7) is 7.99. The molecule has 0 radical (unpaired) electrons. The first-order valence-corrected chi connectivity index (χ1v) is 10.6. The topological polar surface area (TPSA) is 72.5 Å². The molecule has 0 aliphatic heterocycles. The fourth-order valence-corrected chi connectivity index (χ4v) is 3.77. The third kappa shape index (κ3) is 5.65. The molecule has 146 valence electrons. The van der Waals surface area contributed by atoms with Crippen LogP contribution in [0.4, 0.5) is 0 Å². The standard InChI is InChI=1S/C21H27NO4S/c1-15(2)26-14-18-9-7-8-17(12-18)13-22-21(23)19-10-5-6-11-20(19)27(24,25)16(3)4/h5-12,15-16H,13-14H2,1-4H3,(H,22,23). The minimum atomic E-state index is -3.54. The zero-order valence-corrected chi connectivity index (χ0v) is 17.0. The van der Waals surface area contributed by atoms with Gasteiger partial charge in [0.1, 0.15) is 0 Å². The monoisotopic (exact) mass is 389 g/mol. The largest absolute Gasteiger partial charge is 0.374 e. The van der Waals surface area contributed by atoms with Gasteiger partial charge in [-0.2, -0.15) is 0 Å². The molecule has 0 heterocycles. The number of ether oxygens (including phenoxy) is 1. The van der Waals surface area contributed by atoms with Gasteiger partial charge in [-0.25, -0.2) is 8.42 Å². The molecule has 5 nitrogen and oxygen atoms in total. The lowest BCUT2D eigenvalue weighted by Gasteiger charge is -2.13. The Hall–Kier alpha value is -2.18. The van der Waals surface area contributed by atoms with Gasteiger partial charge in [0.15, 0.2) is 9.84 Å². The van der Waals surface area contributed by atoms with E-state index in [1.807, 2.05) is 38.1 Å². The van der Waals surface area contributed by atoms with E-state index in [9.17, 15) is 13.2 Å². The Balaban J connectivity index is 2.12. The number of carbonyl (C=O) groups excluding carboxylic acids is 1.